The number of carbonyl (C=O) groups excluding carboxylic acids is 1. The van der Waals surface area contributed by atoms with Crippen LogP contribution in [-0.2, 0) is 7.05 Å². The van der Waals surface area contributed by atoms with Gasteiger partial charge >= 0.3 is 0 Å². The van der Waals surface area contributed by atoms with E-state index in [9.17, 15) is 18.7 Å². The van der Waals surface area contributed by atoms with Crippen molar-refractivity contribution in [2.45, 2.75) is 37.8 Å². The third-order valence-corrected chi connectivity index (χ3v) is 5.35. The summed E-state index contributed by atoms with van der Waals surface area (Å²) in [4.78, 5) is 12.4. The maximum Gasteiger partial charge on any atom is 0.254 e. The van der Waals surface area contributed by atoms with Gasteiger partial charge in [0.15, 0.2) is 0 Å². The standard InChI is InChI=1S/C21H21F2N3O2/c1-26-19-5-3-2-4-14(19)20(25-26)15-10-18(23)16(11-17(15)22)21(28)24-12-6-8-13(27)9-7-12/h2-5,10-13,27H,6-9H2,1H3,(H,24,28). The Hall–Kier alpha value is -2.80. The first-order valence-electron chi connectivity index (χ1n) is 9.34. The van der Waals surface area contributed by atoms with E-state index in [1.807, 2.05) is 18.2 Å². The molecule has 146 valence electrons. The molecule has 1 heterocycles. The van der Waals surface area contributed by atoms with Gasteiger partial charge in [0.05, 0.1) is 17.2 Å². The summed E-state index contributed by atoms with van der Waals surface area (Å²) < 4.78 is 31.1. The Balaban J connectivity index is 1.64. The molecule has 1 aromatic heterocycles. The maximum atomic E-state index is 14.8. The van der Waals surface area contributed by atoms with E-state index in [2.05, 4.69) is 10.4 Å². The zero-order valence-electron chi connectivity index (χ0n) is 15.5. The Labute approximate surface area is 161 Å². The number of nitrogens with one attached hydrogen (secondary N) is 1. The molecule has 0 spiro atoms. The number of aromatic nitrogens is 2. The first-order chi connectivity index (χ1) is 13.4. The summed E-state index contributed by atoms with van der Waals surface area (Å²) >= 11 is 0. The van der Waals surface area contributed by atoms with Crippen molar-refractivity contribution in [1.29, 1.82) is 0 Å². The van der Waals surface area contributed by atoms with Crippen molar-refractivity contribution in [1.82, 2.24) is 15.1 Å². The van der Waals surface area contributed by atoms with E-state index in [0.29, 0.717) is 36.8 Å². The fraction of sp³-hybridized carbons (Fsp3) is 0.333. The minimum absolute atomic E-state index is 0.0200. The minimum atomic E-state index is -0.792. The summed E-state index contributed by atoms with van der Waals surface area (Å²) in [6, 6.07) is 9.13. The fourth-order valence-electron chi connectivity index (χ4n) is 3.80. The second kappa shape index (κ2) is 7.31. The van der Waals surface area contributed by atoms with Gasteiger partial charge in [0, 0.05) is 24.0 Å². The number of aliphatic hydroxyl groups is 1. The van der Waals surface area contributed by atoms with Gasteiger partial charge in [-0.1, -0.05) is 18.2 Å². The van der Waals surface area contributed by atoms with Gasteiger partial charge in [-0.15, -0.1) is 0 Å². The summed E-state index contributed by atoms with van der Waals surface area (Å²) in [5, 5.41) is 17.3. The van der Waals surface area contributed by atoms with Gasteiger partial charge in [0.1, 0.15) is 17.3 Å². The molecule has 1 amide bonds. The van der Waals surface area contributed by atoms with Crippen LogP contribution in [0.5, 0.6) is 0 Å². The Morgan fingerprint density at radius 3 is 2.61 bits per heavy atom. The highest BCUT2D eigenvalue weighted by molar-refractivity contribution is 5.97. The summed E-state index contributed by atoms with van der Waals surface area (Å²) in [7, 11) is 1.74. The molecule has 0 radical (unpaired) electrons. The van der Waals surface area contributed by atoms with E-state index in [4.69, 9.17) is 0 Å². The number of carbonyl (C=O) groups is 1. The molecule has 0 aliphatic heterocycles. The number of aryl methyl sites for hydroxylation is 1. The van der Waals surface area contributed by atoms with Crippen LogP contribution in [0.15, 0.2) is 36.4 Å². The topological polar surface area (TPSA) is 67.2 Å². The molecule has 5 nitrogen and oxygen atoms in total. The molecule has 4 rings (SSSR count). The van der Waals surface area contributed by atoms with Crippen LogP contribution in [0.3, 0.4) is 0 Å². The van der Waals surface area contributed by atoms with Crippen molar-refractivity contribution in [2.24, 2.45) is 7.05 Å². The van der Waals surface area contributed by atoms with Gasteiger partial charge in [0.2, 0.25) is 0 Å². The number of halogens is 2. The van der Waals surface area contributed by atoms with Crippen LogP contribution in [0.4, 0.5) is 8.78 Å². The van der Waals surface area contributed by atoms with Crippen molar-refractivity contribution in [3.05, 3.63) is 53.6 Å². The van der Waals surface area contributed by atoms with Crippen LogP contribution in [0.2, 0.25) is 0 Å². The number of fused-ring (bicyclic) bond motifs is 1. The van der Waals surface area contributed by atoms with E-state index in [1.54, 1.807) is 17.8 Å². The second-order valence-corrected chi connectivity index (χ2v) is 7.28. The molecule has 1 saturated carbocycles. The van der Waals surface area contributed by atoms with E-state index < -0.39 is 17.5 Å². The molecule has 0 bridgehead atoms. The van der Waals surface area contributed by atoms with Crippen molar-refractivity contribution in [2.75, 3.05) is 0 Å². The minimum Gasteiger partial charge on any atom is -0.393 e. The van der Waals surface area contributed by atoms with E-state index in [-0.39, 0.29) is 23.3 Å². The van der Waals surface area contributed by atoms with Crippen LogP contribution < -0.4 is 5.32 Å². The molecule has 0 unspecified atom stereocenters. The monoisotopic (exact) mass is 385 g/mol. The van der Waals surface area contributed by atoms with Gasteiger partial charge in [-0.05, 0) is 43.9 Å². The predicted molar refractivity (Wildman–Crippen MR) is 102 cm³/mol. The number of hydrogen-bond acceptors (Lipinski definition) is 3. The van der Waals surface area contributed by atoms with Crippen LogP contribution in [0, 0.1) is 11.6 Å². The van der Waals surface area contributed by atoms with Gasteiger partial charge in [0.25, 0.3) is 5.91 Å². The lowest BCUT2D eigenvalue weighted by Gasteiger charge is -2.26. The fourth-order valence-corrected chi connectivity index (χ4v) is 3.80. The van der Waals surface area contributed by atoms with Crippen molar-refractivity contribution in [3.8, 4) is 11.3 Å². The Morgan fingerprint density at radius 1 is 1.14 bits per heavy atom. The lowest BCUT2D eigenvalue weighted by molar-refractivity contribution is 0.0863. The molecule has 2 N–H and O–H groups in total. The number of hydrogen-bond donors (Lipinski definition) is 2. The second-order valence-electron chi connectivity index (χ2n) is 7.28. The molecule has 0 saturated heterocycles. The van der Waals surface area contributed by atoms with E-state index >= 15 is 0 Å². The molecule has 1 fully saturated rings. The zero-order chi connectivity index (χ0) is 19.8. The van der Waals surface area contributed by atoms with E-state index in [0.717, 1.165) is 17.6 Å². The number of para-hydroxylation sites is 1. The van der Waals surface area contributed by atoms with Gasteiger partial charge < -0.3 is 10.4 Å². The number of benzene rings is 2. The van der Waals surface area contributed by atoms with Crippen LogP contribution in [0.25, 0.3) is 22.2 Å². The molecule has 28 heavy (non-hydrogen) atoms. The van der Waals surface area contributed by atoms with Crippen LogP contribution >= 0.6 is 0 Å². The zero-order valence-corrected chi connectivity index (χ0v) is 15.5. The Bertz CT molecular complexity index is 1040. The highest BCUT2D eigenvalue weighted by Gasteiger charge is 2.24. The number of nitrogens with zero attached hydrogens (tertiary/aromatic N) is 2. The van der Waals surface area contributed by atoms with Gasteiger partial charge in [-0.25, -0.2) is 8.78 Å². The Kier molecular flexibility index (Phi) is 4.85. The average Bonchev–Trinajstić information content (AvgIpc) is 3.02. The highest BCUT2D eigenvalue weighted by atomic mass is 19.1. The van der Waals surface area contributed by atoms with Crippen molar-refractivity contribution in [3.63, 3.8) is 0 Å². The number of aliphatic hydroxyl groups excluding tert-OH is 1. The lowest BCUT2D eigenvalue weighted by atomic mass is 9.93. The smallest absolute Gasteiger partial charge is 0.254 e. The number of rotatable bonds is 3. The molecule has 1 aliphatic rings. The van der Waals surface area contributed by atoms with E-state index in [1.165, 1.54) is 0 Å². The molecule has 3 aromatic rings. The average molecular weight is 385 g/mol. The SMILES string of the molecule is Cn1nc(-c2cc(F)c(C(=O)NC3CCC(O)CC3)cc2F)c2ccccc21. The highest BCUT2D eigenvalue weighted by Crippen LogP contribution is 2.31. The van der Waals surface area contributed by atoms with Crippen molar-refractivity contribution >= 4 is 16.8 Å². The summed E-state index contributed by atoms with van der Waals surface area (Å²) in [5.74, 6) is -2.14. The third-order valence-electron chi connectivity index (χ3n) is 5.35. The summed E-state index contributed by atoms with van der Waals surface area (Å²) in [6.45, 7) is 0. The molecular weight excluding hydrogens is 364 g/mol. The molecule has 7 heteroatoms. The quantitative estimate of drug-likeness (QED) is 0.725. The summed E-state index contributed by atoms with van der Waals surface area (Å²) in [6.07, 6.45) is 2.07. The molecule has 1 aliphatic carbocycles. The molecule has 2 aromatic carbocycles. The first-order valence-corrected chi connectivity index (χ1v) is 9.34. The van der Waals surface area contributed by atoms with Gasteiger partial charge in [-0.3, -0.25) is 9.48 Å². The normalized spacial score (nSPS) is 19.7. The maximum absolute atomic E-state index is 14.8. The van der Waals surface area contributed by atoms with Gasteiger partial charge in [-0.2, -0.15) is 5.10 Å². The number of amides is 1. The lowest BCUT2D eigenvalue weighted by Crippen LogP contribution is -2.39. The van der Waals surface area contributed by atoms with Crippen LogP contribution in [-0.4, -0.2) is 32.9 Å². The van der Waals surface area contributed by atoms with Crippen molar-refractivity contribution < 1.29 is 18.7 Å². The predicted octanol–water partition coefficient (Wildman–Crippen LogP) is 3.55. The molecule has 0 atom stereocenters. The molecular formula is C21H21F2N3O2. The summed E-state index contributed by atoms with van der Waals surface area (Å²) in [5.41, 5.74) is 0.834. The van der Waals surface area contributed by atoms with Crippen LogP contribution in [0.1, 0.15) is 36.0 Å². The largest absolute Gasteiger partial charge is 0.393 e. The first kappa shape index (κ1) is 18.6. The third kappa shape index (κ3) is 3.38. The Morgan fingerprint density at radius 2 is 1.86 bits per heavy atom.